The molecule has 0 saturated heterocycles. The Morgan fingerprint density at radius 2 is 2.06 bits per heavy atom. The van der Waals surface area contributed by atoms with Crippen LogP contribution in [-0.4, -0.2) is 12.1 Å². The van der Waals surface area contributed by atoms with Gasteiger partial charge in [0.1, 0.15) is 5.75 Å². The lowest BCUT2D eigenvalue weighted by Gasteiger charge is -2.09. The van der Waals surface area contributed by atoms with E-state index in [9.17, 15) is 4.79 Å². The van der Waals surface area contributed by atoms with Crippen molar-refractivity contribution in [2.24, 2.45) is 0 Å². The molecular formula is C14H12N2O2. The summed E-state index contributed by atoms with van der Waals surface area (Å²) in [4.78, 5) is 14.0. The molecule has 0 aliphatic rings. The van der Waals surface area contributed by atoms with Gasteiger partial charge >= 0.3 is 0 Å². The lowest BCUT2D eigenvalue weighted by Crippen LogP contribution is -2.05. The van der Waals surface area contributed by atoms with Gasteiger partial charge in [0.2, 0.25) is 5.56 Å². The summed E-state index contributed by atoms with van der Waals surface area (Å²) in [5.41, 5.74) is 2.65. The highest BCUT2D eigenvalue weighted by Gasteiger charge is 2.11. The second kappa shape index (κ2) is 4.76. The lowest BCUT2D eigenvalue weighted by molar-refractivity contribution is 0.414. The molecule has 0 aliphatic heterocycles. The summed E-state index contributed by atoms with van der Waals surface area (Å²) < 4.78 is 5.21. The van der Waals surface area contributed by atoms with Crippen molar-refractivity contribution in [3.63, 3.8) is 0 Å². The van der Waals surface area contributed by atoms with Crippen molar-refractivity contribution in [2.75, 3.05) is 7.11 Å². The second-order valence-corrected chi connectivity index (χ2v) is 3.94. The Morgan fingerprint density at radius 3 is 2.72 bits per heavy atom. The fourth-order valence-electron chi connectivity index (χ4n) is 1.82. The average molecular weight is 240 g/mol. The van der Waals surface area contributed by atoms with E-state index in [4.69, 9.17) is 10.00 Å². The molecule has 4 nitrogen and oxygen atoms in total. The van der Waals surface area contributed by atoms with E-state index in [-0.39, 0.29) is 5.56 Å². The average Bonchev–Trinajstić information content (AvgIpc) is 2.38. The molecule has 90 valence electrons. The third-order valence-corrected chi connectivity index (χ3v) is 2.69. The third-order valence-electron chi connectivity index (χ3n) is 2.69. The van der Waals surface area contributed by atoms with Gasteiger partial charge in [-0.2, -0.15) is 5.26 Å². The van der Waals surface area contributed by atoms with Crippen molar-refractivity contribution in [3.05, 3.63) is 51.9 Å². The fourth-order valence-corrected chi connectivity index (χ4v) is 1.82. The van der Waals surface area contributed by atoms with Gasteiger partial charge < -0.3 is 9.72 Å². The first-order valence-corrected chi connectivity index (χ1v) is 5.43. The number of nitrogens with zero attached hydrogens (tertiary/aromatic N) is 1. The molecule has 0 amide bonds. The Hall–Kier alpha value is -2.54. The number of H-pyrrole nitrogens is 1. The standard InChI is InChI=1S/C14H12N2O2/c1-9-3-4-10(7-15)11(5-9)12-6-14(17)16-8-13(12)18-2/h3-6,8H,1-2H3,(H,16,17). The number of ether oxygens (including phenoxy) is 1. The quantitative estimate of drug-likeness (QED) is 0.875. The zero-order valence-electron chi connectivity index (χ0n) is 10.2. The number of hydrogen-bond donors (Lipinski definition) is 1. The van der Waals surface area contributed by atoms with E-state index >= 15 is 0 Å². The van der Waals surface area contributed by atoms with Crippen LogP contribution in [0.2, 0.25) is 0 Å². The highest BCUT2D eigenvalue weighted by Crippen LogP contribution is 2.30. The Morgan fingerprint density at radius 1 is 1.28 bits per heavy atom. The molecule has 0 unspecified atom stereocenters. The normalized spacial score (nSPS) is 9.83. The molecule has 0 aliphatic carbocycles. The SMILES string of the molecule is COc1c[nH]c(=O)cc1-c1cc(C)ccc1C#N. The predicted octanol–water partition coefficient (Wildman–Crippen LogP) is 2.23. The van der Waals surface area contributed by atoms with Gasteiger partial charge in [-0.1, -0.05) is 11.6 Å². The molecule has 1 N–H and O–H groups in total. The largest absolute Gasteiger partial charge is 0.495 e. The number of nitrogens with one attached hydrogen (secondary N) is 1. The molecule has 2 aromatic rings. The number of benzene rings is 1. The lowest BCUT2D eigenvalue weighted by atomic mass is 9.98. The molecule has 0 atom stereocenters. The molecule has 0 saturated carbocycles. The monoisotopic (exact) mass is 240 g/mol. The van der Waals surface area contributed by atoms with Crippen LogP contribution in [0.4, 0.5) is 0 Å². The predicted molar refractivity (Wildman–Crippen MR) is 68.5 cm³/mol. The zero-order valence-corrected chi connectivity index (χ0v) is 10.2. The first-order chi connectivity index (χ1) is 8.65. The summed E-state index contributed by atoms with van der Waals surface area (Å²) in [6, 6.07) is 9.04. The van der Waals surface area contributed by atoms with Gasteiger partial charge in [-0.05, 0) is 19.1 Å². The molecule has 0 spiro atoms. The number of aromatic nitrogens is 1. The molecular weight excluding hydrogens is 228 g/mol. The summed E-state index contributed by atoms with van der Waals surface area (Å²) >= 11 is 0. The number of methoxy groups -OCH3 is 1. The number of hydrogen-bond acceptors (Lipinski definition) is 3. The van der Waals surface area contributed by atoms with Crippen LogP contribution in [0.5, 0.6) is 5.75 Å². The molecule has 0 bridgehead atoms. The number of pyridine rings is 1. The number of aryl methyl sites for hydroxylation is 1. The van der Waals surface area contributed by atoms with Crippen molar-refractivity contribution in [1.82, 2.24) is 4.98 Å². The Kier molecular flexibility index (Phi) is 3.16. The molecule has 1 aromatic carbocycles. The van der Waals surface area contributed by atoms with Crippen molar-refractivity contribution >= 4 is 0 Å². The van der Waals surface area contributed by atoms with E-state index < -0.39 is 0 Å². The number of rotatable bonds is 2. The fraction of sp³-hybridized carbons (Fsp3) is 0.143. The van der Waals surface area contributed by atoms with Crippen LogP contribution in [0.1, 0.15) is 11.1 Å². The first-order valence-electron chi connectivity index (χ1n) is 5.43. The topological polar surface area (TPSA) is 65.9 Å². The Labute approximate surface area is 104 Å². The minimum atomic E-state index is -0.226. The van der Waals surface area contributed by atoms with Gasteiger partial charge in [0.05, 0.1) is 18.7 Å². The van der Waals surface area contributed by atoms with Crippen molar-refractivity contribution in [1.29, 1.82) is 5.26 Å². The van der Waals surface area contributed by atoms with E-state index in [1.165, 1.54) is 19.4 Å². The second-order valence-electron chi connectivity index (χ2n) is 3.94. The Balaban J connectivity index is 2.76. The molecule has 18 heavy (non-hydrogen) atoms. The van der Waals surface area contributed by atoms with Crippen LogP contribution < -0.4 is 10.3 Å². The maximum absolute atomic E-state index is 11.4. The summed E-state index contributed by atoms with van der Waals surface area (Å²) in [5, 5.41) is 9.13. The molecule has 1 heterocycles. The summed E-state index contributed by atoms with van der Waals surface area (Å²) in [7, 11) is 1.53. The van der Waals surface area contributed by atoms with Gasteiger partial charge in [0.25, 0.3) is 0 Å². The van der Waals surface area contributed by atoms with Crippen molar-refractivity contribution in [3.8, 4) is 22.9 Å². The number of aromatic amines is 1. The summed E-state index contributed by atoms with van der Waals surface area (Å²) in [6.07, 6.45) is 1.50. The van der Waals surface area contributed by atoms with Gasteiger partial charge in [0, 0.05) is 23.4 Å². The summed E-state index contributed by atoms with van der Waals surface area (Å²) in [6.45, 7) is 1.93. The van der Waals surface area contributed by atoms with Crippen LogP contribution in [0.25, 0.3) is 11.1 Å². The summed E-state index contributed by atoms with van der Waals surface area (Å²) in [5.74, 6) is 0.539. The smallest absolute Gasteiger partial charge is 0.248 e. The molecule has 0 fully saturated rings. The third kappa shape index (κ3) is 2.11. The highest BCUT2D eigenvalue weighted by atomic mass is 16.5. The van der Waals surface area contributed by atoms with Gasteiger partial charge in [-0.25, -0.2) is 0 Å². The van der Waals surface area contributed by atoms with Crippen LogP contribution in [0.3, 0.4) is 0 Å². The number of nitriles is 1. The molecule has 2 rings (SSSR count). The Bertz CT molecular complexity index is 681. The van der Waals surface area contributed by atoms with E-state index in [0.717, 1.165) is 5.56 Å². The van der Waals surface area contributed by atoms with Gasteiger partial charge in [0.15, 0.2) is 0 Å². The minimum absolute atomic E-state index is 0.226. The highest BCUT2D eigenvalue weighted by molar-refractivity contribution is 5.75. The van der Waals surface area contributed by atoms with Crippen molar-refractivity contribution in [2.45, 2.75) is 6.92 Å². The zero-order chi connectivity index (χ0) is 13.1. The van der Waals surface area contributed by atoms with Gasteiger partial charge in [-0.3, -0.25) is 4.79 Å². The van der Waals surface area contributed by atoms with E-state index in [2.05, 4.69) is 11.1 Å². The van der Waals surface area contributed by atoms with Crippen LogP contribution in [0.15, 0.2) is 35.3 Å². The van der Waals surface area contributed by atoms with Gasteiger partial charge in [-0.15, -0.1) is 0 Å². The van der Waals surface area contributed by atoms with Crippen LogP contribution >= 0.6 is 0 Å². The van der Waals surface area contributed by atoms with Crippen LogP contribution in [0, 0.1) is 18.3 Å². The van der Waals surface area contributed by atoms with E-state index in [1.807, 2.05) is 19.1 Å². The maximum atomic E-state index is 11.4. The minimum Gasteiger partial charge on any atom is -0.495 e. The molecule has 4 heteroatoms. The van der Waals surface area contributed by atoms with E-state index in [0.29, 0.717) is 22.4 Å². The first kappa shape index (κ1) is 11.9. The molecule has 1 aromatic heterocycles. The van der Waals surface area contributed by atoms with Crippen molar-refractivity contribution < 1.29 is 4.74 Å². The van der Waals surface area contributed by atoms with Crippen LogP contribution in [-0.2, 0) is 0 Å². The molecule has 0 radical (unpaired) electrons. The van der Waals surface area contributed by atoms with E-state index in [1.54, 1.807) is 6.07 Å². The maximum Gasteiger partial charge on any atom is 0.248 e.